The molecule has 0 radical (unpaired) electrons. The monoisotopic (exact) mass is 530 g/mol. The second-order valence-electron chi connectivity index (χ2n) is 7.70. The number of likely N-dealkylation sites (tertiary alicyclic amines) is 1. The maximum absolute atomic E-state index is 11.9. The smallest absolute Gasteiger partial charge is 0.222 e. The zero-order valence-corrected chi connectivity index (χ0v) is 20.2. The molecule has 1 aromatic rings. The molecule has 2 N–H and O–H groups in total. The Kier molecular flexibility index (Phi) is 11.5. The zero-order valence-electron chi connectivity index (χ0n) is 17.9. The first-order valence-corrected chi connectivity index (χ1v) is 10.7. The highest BCUT2D eigenvalue weighted by Gasteiger charge is 2.20. The Morgan fingerprint density at radius 3 is 2.83 bits per heavy atom. The molecule has 7 nitrogen and oxygen atoms in total. The summed E-state index contributed by atoms with van der Waals surface area (Å²) in [5, 5.41) is 6.71. The van der Waals surface area contributed by atoms with E-state index in [1.165, 1.54) is 11.1 Å². The van der Waals surface area contributed by atoms with Gasteiger partial charge in [-0.2, -0.15) is 0 Å². The van der Waals surface area contributed by atoms with Gasteiger partial charge in [-0.1, -0.05) is 24.3 Å². The lowest BCUT2D eigenvalue weighted by atomic mass is 10.1. The molecule has 168 valence electrons. The minimum atomic E-state index is 0. The quantitative estimate of drug-likeness (QED) is 0.211. The average molecular weight is 530 g/mol. The molecule has 0 aromatic heterocycles. The fraction of sp³-hybridized carbons (Fsp3) is 0.636. The number of amides is 1. The first-order chi connectivity index (χ1) is 14.3. The van der Waals surface area contributed by atoms with Gasteiger partial charge in [-0.15, -0.1) is 24.0 Å². The minimum Gasteiger partial charge on any atom is -0.381 e. The number of nitrogens with zero attached hydrogens (tertiary/aromatic N) is 2. The van der Waals surface area contributed by atoms with Crippen molar-refractivity contribution >= 4 is 35.8 Å². The van der Waals surface area contributed by atoms with Crippen LogP contribution in [0.5, 0.6) is 0 Å². The van der Waals surface area contributed by atoms with Gasteiger partial charge < -0.3 is 25.0 Å². The number of guanidine groups is 1. The Hall–Kier alpha value is -1.39. The predicted octanol–water partition coefficient (Wildman–Crippen LogP) is 2.54. The number of carbonyl (C=O) groups excluding carboxylic acids is 1. The molecule has 0 aliphatic carbocycles. The highest BCUT2D eigenvalue weighted by Crippen LogP contribution is 2.17. The number of halogens is 1. The Balaban J connectivity index is 0.00000320. The van der Waals surface area contributed by atoms with E-state index in [0.29, 0.717) is 25.4 Å². The molecule has 1 unspecified atom stereocenters. The number of ether oxygens (including phenoxy) is 2. The summed E-state index contributed by atoms with van der Waals surface area (Å²) in [6, 6.07) is 8.28. The molecule has 2 aliphatic rings. The van der Waals surface area contributed by atoms with Crippen LogP contribution < -0.4 is 10.6 Å². The molecule has 2 heterocycles. The molecule has 8 heteroatoms. The summed E-state index contributed by atoms with van der Waals surface area (Å²) < 4.78 is 11.1. The van der Waals surface area contributed by atoms with E-state index in [4.69, 9.17) is 9.47 Å². The van der Waals surface area contributed by atoms with E-state index in [1.54, 1.807) is 7.05 Å². The van der Waals surface area contributed by atoms with Crippen LogP contribution >= 0.6 is 24.0 Å². The van der Waals surface area contributed by atoms with Gasteiger partial charge >= 0.3 is 0 Å². The van der Waals surface area contributed by atoms with Gasteiger partial charge in [0.25, 0.3) is 0 Å². The normalized spacial score (nSPS) is 19.1. The molecule has 0 spiro atoms. The summed E-state index contributed by atoms with van der Waals surface area (Å²) in [6.07, 6.45) is 3.69. The van der Waals surface area contributed by atoms with Crippen molar-refractivity contribution in [3.05, 3.63) is 35.4 Å². The lowest BCUT2D eigenvalue weighted by Crippen LogP contribution is -2.38. The van der Waals surface area contributed by atoms with E-state index in [9.17, 15) is 4.79 Å². The Labute approximate surface area is 197 Å². The number of benzene rings is 1. The second-order valence-corrected chi connectivity index (χ2v) is 7.70. The van der Waals surface area contributed by atoms with Gasteiger partial charge in [0.2, 0.25) is 5.91 Å². The van der Waals surface area contributed by atoms with Crippen molar-refractivity contribution in [2.75, 3.05) is 46.6 Å². The van der Waals surface area contributed by atoms with Gasteiger partial charge in [0.1, 0.15) is 0 Å². The maximum Gasteiger partial charge on any atom is 0.222 e. The molecule has 30 heavy (non-hydrogen) atoms. The van der Waals surface area contributed by atoms with Crippen LogP contribution in [0.4, 0.5) is 0 Å². The molecule has 0 saturated carbocycles. The molecular formula is C22H35IN4O3. The first-order valence-electron chi connectivity index (χ1n) is 10.7. The van der Waals surface area contributed by atoms with Crippen LogP contribution in [0.2, 0.25) is 0 Å². The molecule has 2 aliphatic heterocycles. The van der Waals surface area contributed by atoms with Crippen LogP contribution in [0.1, 0.15) is 36.8 Å². The Morgan fingerprint density at radius 1 is 1.30 bits per heavy atom. The van der Waals surface area contributed by atoms with Crippen molar-refractivity contribution in [3.63, 3.8) is 0 Å². The zero-order chi connectivity index (χ0) is 20.3. The van der Waals surface area contributed by atoms with Crippen LogP contribution in [0, 0.1) is 5.92 Å². The van der Waals surface area contributed by atoms with Gasteiger partial charge in [0, 0.05) is 58.8 Å². The van der Waals surface area contributed by atoms with Crippen molar-refractivity contribution < 1.29 is 14.3 Å². The van der Waals surface area contributed by atoms with Gasteiger partial charge in [-0.3, -0.25) is 9.79 Å². The SMILES string of the molecule is CN=C(NCCCOCC1CCOC1)NCc1ccccc1CN1CCCC1=O.I. The van der Waals surface area contributed by atoms with Crippen LogP contribution in [0.25, 0.3) is 0 Å². The minimum absolute atomic E-state index is 0. The molecule has 1 atom stereocenters. The van der Waals surface area contributed by atoms with E-state index in [1.807, 2.05) is 17.0 Å². The fourth-order valence-corrected chi connectivity index (χ4v) is 3.71. The molecule has 1 aromatic carbocycles. The van der Waals surface area contributed by atoms with Crippen molar-refractivity contribution in [3.8, 4) is 0 Å². The summed E-state index contributed by atoms with van der Waals surface area (Å²) in [4.78, 5) is 18.2. The fourth-order valence-electron chi connectivity index (χ4n) is 3.71. The average Bonchev–Trinajstić information content (AvgIpc) is 3.40. The molecule has 2 saturated heterocycles. The van der Waals surface area contributed by atoms with Crippen LogP contribution in [0.3, 0.4) is 0 Å². The van der Waals surface area contributed by atoms with E-state index >= 15 is 0 Å². The molecule has 1 amide bonds. The number of aliphatic imine (C=N–C) groups is 1. The maximum atomic E-state index is 11.9. The van der Waals surface area contributed by atoms with E-state index < -0.39 is 0 Å². The third-order valence-electron chi connectivity index (χ3n) is 5.46. The largest absolute Gasteiger partial charge is 0.381 e. The van der Waals surface area contributed by atoms with Crippen molar-refractivity contribution in [2.45, 2.75) is 38.8 Å². The highest BCUT2D eigenvalue weighted by molar-refractivity contribution is 14.0. The Bertz CT molecular complexity index is 680. The summed E-state index contributed by atoms with van der Waals surface area (Å²) in [6.45, 7) is 6.28. The molecule has 0 bridgehead atoms. The van der Waals surface area contributed by atoms with E-state index in [2.05, 4.69) is 27.8 Å². The van der Waals surface area contributed by atoms with Crippen molar-refractivity contribution in [1.29, 1.82) is 0 Å². The predicted molar refractivity (Wildman–Crippen MR) is 129 cm³/mol. The number of rotatable bonds is 10. The van der Waals surface area contributed by atoms with E-state index in [0.717, 1.165) is 64.7 Å². The van der Waals surface area contributed by atoms with E-state index in [-0.39, 0.29) is 29.9 Å². The third-order valence-corrected chi connectivity index (χ3v) is 5.46. The van der Waals surface area contributed by atoms with Crippen LogP contribution in [0.15, 0.2) is 29.3 Å². The molecule has 3 rings (SSSR count). The lowest BCUT2D eigenvalue weighted by molar-refractivity contribution is -0.128. The standard InChI is InChI=1S/C22H34N4O3.HI/c1-23-22(24-10-5-12-28-16-18-9-13-29-17-18)25-14-19-6-2-3-7-20(19)15-26-11-4-8-21(26)27;/h2-3,6-7,18H,4-5,8-17H2,1H3,(H2,23,24,25);1H. The van der Waals surface area contributed by atoms with Crippen LogP contribution in [-0.2, 0) is 27.4 Å². The van der Waals surface area contributed by atoms with Gasteiger partial charge in [0.15, 0.2) is 5.96 Å². The number of nitrogens with one attached hydrogen (secondary N) is 2. The number of hydrogen-bond donors (Lipinski definition) is 2. The third kappa shape index (κ3) is 8.03. The lowest BCUT2D eigenvalue weighted by Gasteiger charge is -2.19. The summed E-state index contributed by atoms with van der Waals surface area (Å²) in [5.41, 5.74) is 2.38. The van der Waals surface area contributed by atoms with Crippen molar-refractivity contribution in [2.24, 2.45) is 10.9 Å². The highest BCUT2D eigenvalue weighted by atomic mass is 127. The number of hydrogen-bond acceptors (Lipinski definition) is 4. The van der Waals surface area contributed by atoms with Crippen molar-refractivity contribution in [1.82, 2.24) is 15.5 Å². The second kappa shape index (κ2) is 13.8. The summed E-state index contributed by atoms with van der Waals surface area (Å²) >= 11 is 0. The van der Waals surface area contributed by atoms with Crippen LogP contribution in [-0.4, -0.2) is 63.3 Å². The first kappa shape index (κ1) is 24.9. The summed E-state index contributed by atoms with van der Waals surface area (Å²) in [7, 11) is 1.78. The van der Waals surface area contributed by atoms with Gasteiger partial charge in [-0.25, -0.2) is 0 Å². The summed E-state index contributed by atoms with van der Waals surface area (Å²) in [5.74, 6) is 1.60. The van der Waals surface area contributed by atoms with Gasteiger partial charge in [-0.05, 0) is 30.4 Å². The topological polar surface area (TPSA) is 75.2 Å². The molecule has 2 fully saturated rings. The van der Waals surface area contributed by atoms with Gasteiger partial charge in [0.05, 0.1) is 13.2 Å². The Morgan fingerprint density at radius 2 is 2.13 bits per heavy atom. The number of carbonyl (C=O) groups is 1. The molecular weight excluding hydrogens is 495 g/mol.